The number of aromatic nitrogens is 4. The summed E-state index contributed by atoms with van der Waals surface area (Å²) in [5.41, 5.74) is 2.54. The van der Waals surface area contributed by atoms with Gasteiger partial charge in [0.05, 0.1) is 40.8 Å². The quantitative estimate of drug-likeness (QED) is 0.632. The van der Waals surface area contributed by atoms with E-state index >= 15 is 0 Å². The first kappa shape index (κ1) is 19.0. The number of aryl methyl sites for hydroxylation is 2. The third-order valence-electron chi connectivity index (χ3n) is 3.75. The van der Waals surface area contributed by atoms with Crippen LogP contribution in [0.5, 0.6) is 0 Å². The number of nitrogens with zero attached hydrogens (tertiary/aromatic N) is 5. The second-order valence-corrected chi connectivity index (χ2v) is 7.66. The normalized spacial score (nSPS) is 10.6. The van der Waals surface area contributed by atoms with E-state index in [2.05, 4.69) is 38.6 Å². The fraction of sp³-hybridized carbons (Fsp3) is 0.353. The Morgan fingerprint density at radius 1 is 1.41 bits per heavy atom. The number of hydrogen-bond acceptors (Lipinski definition) is 7. The molecule has 0 bridgehead atoms. The molecule has 0 radical (unpaired) electrons. The SMILES string of the molecule is CCn1cnc(CCNC(=O)Nc2nc(C)c(-c3csc(CC#N)n3)s2)c1. The predicted molar refractivity (Wildman–Crippen MR) is 106 cm³/mol. The van der Waals surface area contributed by atoms with Crippen LogP contribution in [0.1, 0.15) is 23.3 Å². The van der Waals surface area contributed by atoms with E-state index in [1.54, 1.807) is 6.33 Å². The molecular weight excluding hydrogens is 382 g/mol. The number of hydrogen-bond donors (Lipinski definition) is 2. The van der Waals surface area contributed by atoms with Crippen LogP contribution < -0.4 is 10.6 Å². The lowest BCUT2D eigenvalue weighted by Gasteiger charge is -2.03. The van der Waals surface area contributed by atoms with E-state index in [-0.39, 0.29) is 6.03 Å². The Hall–Kier alpha value is -2.77. The van der Waals surface area contributed by atoms with Crippen LogP contribution in [0.4, 0.5) is 9.93 Å². The van der Waals surface area contributed by atoms with Gasteiger partial charge >= 0.3 is 6.03 Å². The highest BCUT2D eigenvalue weighted by molar-refractivity contribution is 7.19. The summed E-state index contributed by atoms with van der Waals surface area (Å²) in [4.78, 5) is 26.1. The van der Waals surface area contributed by atoms with Crippen molar-refractivity contribution in [1.29, 1.82) is 5.26 Å². The van der Waals surface area contributed by atoms with E-state index < -0.39 is 0 Å². The van der Waals surface area contributed by atoms with Gasteiger partial charge in [0.1, 0.15) is 5.01 Å². The highest BCUT2D eigenvalue weighted by Crippen LogP contribution is 2.33. The van der Waals surface area contributed by atoms with Crippen molar-refractivity contribution >= 4 is 33.8 Å². The number of imidazole rings is 1. The molecule has 2 amide bonds. The minimum absolute atomic E-state index is 0.298. The summed E-state index contributed by atoms with van der Waals surface area (Å²) in [6.07, 6.45) is 4.73. The lowest BCUT2D eigenvalue weighted by atomic mass is 10.3. The molecule has 0 aliphatic heterocycles. The molecule has 0 aromatic carbocycles. The summed E-state index contributed by atoms with van der Waals surface area (Å²) in [5, 5.41) is 17.5. The molecule has 3 aromatic heterocycles. The fourth-order valence-corrected chi connectivity index (χ4v) is 4.12. The molecule has 0 atom stereocenters. The van der Waals surface area contributed by atoms with Crippen molar-refractivity contribution in [2.24, 2.45) is 0 Å². The van der Waals surface area contributed by atoms with Crippen LogP contribution >= 0.6 is 22.7 Å². The molecule has 3 heterocycles. The Bertz CT molecular complexity index is 966. The third kappa shape index (κ3) is 4.90. The maximum absolute atomic E-state index is 12.1. The number of rotatable bonds is 7. The molecule has 0 fully saturated rings. The van der Waals surface area contributed by atoms with Gasteiger partial charge in [-0.2, -0.15) is 5.26 Å². The molecule has 0 aliphatic carbocycles. The highest BCUT2D eigenvalue weighted by atomic mass is 32.1. The maximum atomic E-state index is 12.1. The number of thiazole rings is 2. The average molecular weight is 402 g/mol. The van der Waals surface area contributed by atoms with Gasteiger partial charge in [0.2, 0.25) is 0 Å². The van der Waals surface area contributed by atoms with Crippen LogP contribution in [0, 0.1) is 18.3 Å². The van der Waals surface area contributed by atoms with Gasteiger partial charge in [0.15, 0.2) is 5.13 Å². The lowest BCUT2D eigenvalue weighted by molar-refractivity contribution is 0.252. The van der Waals surface area contributed by atoms with Crippen LogP contribution in [0.2, 0.25) is 0 Å². The Labute approximate surface area is 164 Å². The smallest absolute Gasteiger partial charge is 0.321 e. The van der Waals surface area contributed by atoms with Crippen molar-refractivity contribution in [3.8, 4) is 16.6 Å². The molecule has 0 unspecified atom stereocenters. The zero-order chi connectivity index (χ0) is 19.2. The first-order valence-electron chi connectivity index (χ1n) is 8.43. The van der Waals surface area contributed by atoms with E-state index in [9.17, 15) is 4.79 Å². The van der Waals surface area contributed by atoms with Crippen LogP contribution in [0.15, 0.2) is 17.9 Å². The van der Waals surface area contributed by atoms with E-state index in [4.69, 9.17) is 5.26 Å². The Morgan fingerprint density at radius 3 is 3.00 bits per heavy atom. The molecule has 27 heavy (non-hydrogen) atoms. The number of amides is 2. The molecule has 140 valence electrons. The maximum Gasteiger partial charge on any atom is 0.321 e. The van der Waals surface area contributed by atoms with Crippen molar-refractivity contribution in [3.05, 3.63) is 34.3 Å². The molecule has 0 aliphatic rings. The van der Waals surface area contributed by atoms with Gasteiger partial charge in [-0.3, -0.25) is 5.32 Å². The van der Waals surface area contributed by atoms with Gasteiger partial charge in [-0.15, -0.1) is 11.3 Å². The molecule has 0 saturated carbocycles. The summed E-state index contributed by atoms with van der Waals surface area (Å²) in [5.74, 6) is 0. The summed E-state index contributed by atoms with van der Waals surface area (Å²) in [6.45, 7) is 5.30. The fourth-order valence-electron chi connectivity index (χ4n) is 2.41. The number of carbonyl (C=O) groups is 1. The van der Waals surface area contributed by atoms with Crippen molar-refractivity contribution in [3.63, 3.8) is 0 Å². The average Bonchev–Trinajstić information content (AvgIpc) is 3.35. The van der Waals surface area contributed by atoms with Gasteiger partial charge < -0.3 is 9.88 Å². The molecular formula is C17H19N7OS2. The standard InChI is InChI=1S/C17H19N7OS2/c1-3-24-8-12(20-10-24)5-7-19-16(25)23-17-21-11(2)15(27-17)13-9-26-14(22-13)4-6-18/h8-10H,3-5,7H2,1-2H3,(H2,19,21,23,25). The second-order valence-electron chi connectivity index (χ2n) is 5.72. The Balaban J connectivity index is 1.54. The topological polar surface area (TPSA) is 109 Å². The summed E-state index contributed by atoms with van der Waals surface area (Å²) in [6, 6.07) is 1.80. The predicted octanol–water partition coefficient (Wildman–Crippen LogP) is 3.22. The van der Waals surface area contributed by atoms with E-state index in [1.165, 1.54) is 22.7 Å². The number of nitrogens with one attached hydrogen (secondary N) is 2. The molecule has 3 rings (SSSR count). The van der Waals surface area contributed by atoms with E-state index in [0.717, 1.165) is 33.5 Å². The van der Waals surface area contributed by atoms with Gasteiger partial charge in [0, 0.05) is 31.1 Å². The number of nitriles is 1. The van der Waals surface area contributed by atoms with Gasteiger partial charge in [-0.1, -0.05) is 11.3 Å². The summed E-state index contributed by atoms with van der Waals surface area (Å²) in [7, 11) is 0. The van der Waals surface area contributed by atoms with Gasteiger partial charge in [-0.25, -0.2) is 19.7 Å². The lowest BCUT2D eigenvalue weighted by Crippen LogP contribution is -2.30. The van der Waals surface area contributed by atoms with Crippen molar-refractivity contribution in [1.82, 2.24) is 24.8 Å². The molecule has 0 spiro atoms. The molecule has 3 aromatic rings. The van der Waals surface area contributed by atoms with Crippen molar-refractivity contribution < 1.29 is 4.79 Å². The zero-order valence-electron chi connectivity index (χ0n) is 15.0. The molecule has 0 saturated heterocycles. The zero-order valence-corrected chi connectivity index (χ0v) is 16.7. The van der Waals surface area contributed by atoms with Crippen LogP contribution in [0.25, 0.3) is 10.6 Å². The highest BCUT2D eigenvalue weighted by Gasteiger charge is 2.14. The monoisotopic (exact) mass is 401 g/mol. The van der Waals surface area contributed by atoms with Crippen LogP contribution in [-0.4, -0.2) is 32.1 Å². The summed E-state index contributed by atoms with van der Waals surface area (Å²) < 4.78 is 2.00. The second kappa shape index (κ2) is 8.75. The minimum Gasteiger partial charge on any atom is -0.337 e. The number of urea groups is 1. The first-order valence-corrected chi connectivity index (χ1v) is 10.1. The van der Waals surface area contributed by atoms with Crippen LogP contribution in [-0.2, 0) is 19.4 Å². The van der Waals surface area contributed by atoms with Crippen LogP contribution in [0.3, 0.4) is 0 Å². The minimum atomic E-state index is -0.298. The van der Waals surface area contributed by atoms with Crippen molar-refractivity contribution in [2.45, 2.75) is 33.2 Å². The summed E-state index contributed by atoms with van der Waals surface area (Å²) >= 11 is 2.82. The molecule has 8 nitrogen and oxygen atoms in total. The third-order valence-corrected chi connectivity index (χ3v) is 5.69. The largest absolute Gasteiger partial charge is 0.337 e. The van der Waals surface area contributed by atoms with Gasteiger partial charge in [0.25, 0.3) is 0 Å². The Morgan fingerprint density at radius 2 is 2.26 bits per heavy atom. The number of anilines is 1. The van der Waals surface area contributed by atoms with Crippen molar-refractivity contribution in [2.75, 3.05) is 11.9 Å². The Kier molecular flexibility index (Phi) is 6.16. The van der Waals surface area contributed by atoms with E-state index in [1.807, 2.05) is 23.1 Å². The van der Waals surface area contributed by atoms with Gasteiger partial charge in [-0.05, 0) is 13.8 Å². The van der Waals surface area contributed by atoms with E-state index in [0.29, 0.717) is 24.5 Å². The number of carbonyl (C=O) groups excluding carboxylic acids is 1. The molecule has 2 N–H and O–H groups in total. The first-order chi connectivity index (χ1) is 13.1. The molecule has 10 heteroatoms.